The van der Waals surface area contributed by atoms with E-state index in [1.54, 1.807) is 6.08 Å². The van der Waals surface area contributed by atoms with Crippen LogP contribution in [0.4, 0.5) is 0 Å². The molecule has 0 radical (unpaired) electrons. The van der Waals surface area contributed by atoms with Gasteiger partial charge in [0.25, 0.3) is 0 Å². The van der Waals surface area contributed by atoms with Crippen LogP contribution in [0.5, 0.6) is 0 Å². The smallest absolute Gasteiger partial charge is 0.222 e. The quantitative estimate of drug-likeness (QED) is 0.261. The van der Waals surface area contributed by atoms with Crippen molar-refractivity contribution in [2.24, 2.45) is 20.9 Å². The van der Waals surface area contributed by atoms with Crippen molar-refractivity contribution >= 4 is 18.2 Å². The van der Waals surface area contributed by atoms with Crippen molar-refractivity contribution in [3.63, 3.8) is 0 Å². The number of benzene rings is 2. The van der Waals surface area contributed by atoms with E-state index in [4.69, 9.17) is 20.2 Å². The molecule has 0 aromatic heterocycles. The van der Waals surface area contributed by atoms with Gasteiger partial charge in [0, 0.05) is 5.41 Å². The third-order valence-corrected chi connectivity index (χ3v) is 8.61. The van der Waals surface area contributed by atoms with Crippen LogP contribution in [-0.2, 0) is 31.5 Å². The normalized spacial score (nSPS) is 12.3. The van der Waals surface area contributed by atoms with Crippen molar-refractivity contribution in [3.05, 3.63) is 70.8 Å². The SMILES string of the molecule is CC(C)C(C)(C)c1ccc(C(C)(C)N=C=NC(C)(C)C(C)(C)c2ccc(C(C)(C)N=C=O)cc2)cc1.N=C=O. The van der Waals surface area contributed by atoms with Crippen LogP contribution in [0.2, 0.25) is 0 Å². The standard InChI is InChI=1S/C32H45N3O.CHNO/c1-23(2)28(3,4)24-13-17-26(18-14-24)30(7,8)33-21-34-32(11,12)29(5,6)25-15-19-27(20-16-25)31(9,10)35-22-36;2-1-3/h13-20,23H,1-12H3;2H. The van der Waals surface area contributed by atoms with Crippen molar-refractivity contribution in [2.75, 3.05) is 0 Å². The second-order valence-corrected chi connectivity index (χ2v) is 13.0. The van der Waals surface area contributed by atoms with E-state index >= 15 is 0 Å². The summed E-state index contributed by atoms with van der Waals surface area (Å²) in [5.41, 5.74) is 2.96. The molecule has 6 heteroatoms. The Bertz CT molecular complexity index is 1250. The van der Waals surface area contributed by atoms with E-state index in [0.717, 1.165) is 22.8 Å². The van der Waals surface area contributed by atoms with Crippen LogP contribution in [0.25, 0.3) is 0 Å². The number of nitrogens with zero attached hydrogens (tertiary/aromatic N) is 3. The molecule has 0 aliphatic heterocycles. The van der Waals surface area contributed by atoms with E-state index in [-0.39, 0.29) is 10.8 Å². The summed E-state index contributed by atoms with van der Waals surface area (Å²) >= 11 is 0. The van der Waals surface area contributed by atoms with Gasteiger partial charge in [-0.25, -0.2) is 25.0 Å². The van der Waals surface area contributed by atoms with E-state index in [0.29, 0.717) is 5.92 Å². The van der Waals surface area contributed by atoms with Crippen LogP contribution >= 0.6 is 0 Å². The van der Waals surface area contributed by atoms with Crippen LogP contribution in [0.3, 0.4) is 0 Å². The highest BCUT2D eigenvalue weighted by Crippen LogP contribution is 2.38. The highest BCUT2D eigenvalue weighted by atomic mass is 16.1. The molecular weight excluding hydrogens is 484 g/mol. The van der Waals surface area contributed by atoms with Crippen LogP contribution in [-0.4, -0.2) is 23.7 Å². The minimum atomic E-state index is -0.598. The average molecular weight is 531 g/mol. The molecule has 39 heavy (non-hydrogen) atoms. The second kappa shape index (κ2) is 12.6. The highest BCUT2D eigenvalue weighted by Gasteiger charge is 2.38. The molecular formula is C33H46N4O2. The van der Waals surface area contributed by atoms with Gasteiger partial charge in [0.2, 0.25) is 12.2 Å². The van der Waals surface area contributed by atoms with Gasteiger partial charge < -0.3 is 0 Å². The number of carbonyl (C=O) groups excluding carboxylic acids is 2. The largest absolute Gasteiger partial charge is 0.235 e. The summed E-state index contributed by atoms with van der Waals surface area (Å²) in [6.45, 7) is 25.7. The Hall–Kier alpha value is -3.42. The van der Waals surface area contributed by atoms with Gasteiger partial charge in [0.1, 0.15) is 0 Å². The first-order chi connectivity index (χ1) is 17.8. The molecule has 2 aromatic rings. The van der Waals surface area contributed by atoms with Gasteiger partial charge in [-0.15, -0.1) is 0 Å². The van der Waals surface area contributed by atoms with Gasteiger partial charge in [-0.3, -0.25) is 0 Å². The lowest BCUT2D eigenvalue weighted by Crippen LogP contribution is -2.41. The van der Waals surface area contributed by atoms with Crippen molar-refractivity contribution in [1.29, 1.82) is 5.41 Å². The number of rotatable bonds is 9. The molecule has 0 atom stereocenters. The predicted octanol–water partition coefficient (Wildman–Crippen LogP) is 8.26. The summed E-state index contributed by atoms with van der Waals surface area (Å²) in [6, 6.07) is 20.1. The monoisotopic (exact) mass is 530 g/mol. The number of hydrogen-bond donors (Lipinski definition) is 1. The van der Waals surface area contributed by atoms with Gasteiger partial charge in [-0.05, 0) is 75.1 Å². The Morgan fingerprint density at radius 1 is 0.615 bits per heavy atom. The highest BCUT2D eigenvalue weighted by molar-refractivity contribution is 5.47. The summed E-state index contributed by atoms with van der Waals surface area (Å²) < 4.78 is 0. The predicted molar refractivity (Wildman–Crippen MR) is 160 cm³/mol. The van der Waals surface area contributed by atoms with Gasteiger partial charge in [-0.1, -0.05) is 90.1 Å². The number of nitrogens with one attached hydrogen (secondary N) is 1. The topological polar surface area (TPSA) is 95.1 Å². The molecule has 0 bridgehead atoms. The Labute approximate surface area is 235 Å². The molecule has 0 heterocycles. The molecule has 0 unspecified atom stereocenters. The molecule has 210 valence electrons. The van der Waals surface area contributed by atoms with E-state index < -0.39 is 16.6 Å². The van der Waals surface area contributed by atoms with Crippen molar-refractivity contribution in [1.82, 2.24) is 0 Å². The Morgan fingerprint density at radius 2 is 0.974 bits per heavy atom. The fraction of sp³-hybridized carbons (Fsp3) is 0.545. The third kappa shape index (κ3) is 8.04. The fourth-order valence-electron chi connectivity index (χ4n) is 3.95. The van der Waals surface area contributed by atoms with E-state index in [2.05, 4.69) is 117 Å². The first kappa shape index (κ1) is 33.6. The van der Waals surface area contributed by atoms with Gasteiger partial charge >= 0.3 is 0 Å². The van der Waals surface area contributed by atoms with E-state index in [1.165, 1.54) is 5.56 Å². The summed E-state index contributed by atoms with van der Waals surface area (Å²) in [6.07, 6.45) is 2.43. The molecule has 6 nitrogen and oxygen atoms in total. The lowest BCUT2D eigenvalue weighted by Gasteiger charge is -2.38. The molecule has 1 N–H and O–H groups in total. The minimum absolute atomic E-state index is 0.124. The van der Waals surface area contributed by atoms with E-state index in [1.807, 2.05) is 26.0 Å². The van der Waals surface area contributed by atoms with Crippen molar-refractivity contribution in [3.8, 4) is 0 Å². The summed E-state index contributed by atoms with van der Waals surface area (Å²) in [4.78, 5) is 32.6. The molecule has 2 rings (SSSR count). The molecule has 0 aliphatic rings. The Balaban J connectivity index is 0.00000242. The third-order valence-electron chi connectivity index (χ3n) is 8.61. The molecule has 0 amide bonds. The lowest BCUT2D eigenvalue weighted by atomic mass is 9.70. The Morgan fingerprint density at radius 3 is 1.36 bits per heavy atom. The number of aliphatic imine (C=N–C) groups is 3. The molecule has 0 aliphatic carbocycles. The molecule has 0 spiro atoms. The van der Waals surface area contributed by atoms with Gasteiger partial charge in [-0.2, -0.15) is 4.99 Å². The lowest BCUT2D eigenvalue weighted by molar-refractivity contribution is 0.310. The first-order valence-electron chi connectivity index (χ1n) is 13.3. The number of isocyanates is 2. The van der Waals surface area contributed by atoms with Crippen molar-refractivity contribution < 1.29 is 9.59 Å². The fourth-order valence-corrected chi connectivity index (χ4v) is 3.95. The maximum atomic E-state index is 10.8. The van der Waals surface area contributed by atoms with E-state index in [9.17, 15) is 4.79 Å². The zero-order valence-corrected chi connectivity index (χ0v) is 25.9. The maximum Gasteiger partial charge on any atom is 0.235 e. The first-order valence-corrected chi connectivity index (χ1v) is 13.3. The summed E-state index contributed by atoms with van der Waals surface area (Å²) in [7, 11) is 0. The molecule has 0 fully saturated rings. The summed E-state index contributed by atoms with van der Waals surface area (Å²) in [5, 5.41) is 5.40. The molecule has 0 saturated carbocycles. The molecule has 0 saturated heterocycles. The van der Waals surface area contributed by atoms with Gasteiger partial charge in [0.05, 0.1) is 22.6 Å². The zero-order valence-electron chi connectivity index (χ0n) is 25.9. The molecule has 2 aromatic carbocycles. The summed E-state index contributed by atoms with van der Waals surface area (Å²) in [5.74, 6) is 0.555. The van der Waals surface area contributed by atoms with Crippen LogP contribution in [0, 0.1) is 11.3 Å². The second-order valence-electron chi connectivity index (χ2n) is 13.0. The Kier molecular flexibility index (Phi) is 10.9. The maximum absolute atomic E-state index is 10.8. The minimum Gasteiger partial charge on any atom is -0.222 e. The van der Waals surface area contributed by atoms with Crippen LogP contribution < -0.4 is 0 Å². The van der Waals surface area contributed by atoms with Gasteiger partial charge in [0.15, 0.2) is 0 Å². The van der Waals surface area contributed by atoms with Crippen LogP contribution in [0.1, 0.15) is 105 Å². The van der Waals surface area contributed by atoms with Crippen molar-refractivity contribution in [2.45, 2.75) is 111 Å². The number of hydrogen-bond acceptors (Lipinski definition) is 6. The van der Waals surface area contributed by atoms with Crippen LogP contribution in [0.15, 0.2) is 63.5 Å². The average Bonchev–Trinajstić information content (AvgIpc) is 2.84. The zero-order chi connectivity index (χ0) is 30.3.